The fraction of sp³-hybridized carbons (Fsp3) is 0.800. The maximum atomic E-state index is 13.4. The number of aliphatic hydroxyl groups excluding tert-OH is 11. The van der Waals surface area contributed by atoms with Crippen LogP contribution < -0.4 is 5.32 Å². The van der Waals surface area contributed by atoms with Crippen LogP contribution in [0.3, 0.4) is 0 Å². The zero-order chi connectivity index (χ0) is 61.2. The van der Waals surface area contributed by atoms with Crippen LogP contribution in [-0.2, 0) is 33.2 Å². The Kier molecular flexibility index (Phi) is 42.5. The van der Waals surface area contributed by atoms with Crippen LogP contribution in [-0.4, -0.2) is 193 Å². The van der Waals surface area contributed by atoms with Gasteiger partial charge in [-0.3, -0.25) is 4.79 Å². The molecule has 0 aromatic heterocycles. The molecule has 19 nitrogen and oxygen atoms in total. The van der Waals surface area contributed by atoms with E-state index in [9.17, 15) is 61.0 Å². The van der Waals surface area contributed by atoms with Gasteiger partial charge in [-0.1, -0.05) is 202 Å². The summed E-state index contributed by atoms with van der Waals surface area (Å²) in [5.41, 5.74) is 0. The van der Waals surface area contributed by atoms with Crippen molar-refractivity contribution in [3.05, 3.63) is 72.9 Å². The molecule has 0 spiro atoms. The number of ether oxygens (including phenoxy) is 6. The highest BCUT2D eigenvalue weighted by molar-refractivity contribution is 5.76. The first-order valence-electron chi connectivity index (χ1n) is 32.2. The second kappa shape index (κ2) is 47.3. The third-order valence-corrected chi connectivity index (χ3v) is 15.8. The summed E-state index contributed by atoms with van der Waals surface area (Å²) in [6.07, 6.45) is 30.1. The van der Waals surface area contributed by atoms with Crippen molar-refractivity contribution in [3.63, 3.8) is 0 Å². The van der Waals surface area contributed by atoms with Gasteiger partial charge in [0, 0.05) is 6.42 Å². The number of rotatable bonds is 47. The molecule has 3 saturated heterocycles. The van der Waals surface area contributed by atoms with E-state index in [4.69, 9.17) is 28.4 Å². The van der Waals surface area contributed by atoms with Gasteiger partial charge in [-0.05, 0) is 64.2 Å². The predicted molar refractivity (Wildman–Crippen MR) is 323 cm³/mol. The third kappa shape index (κ3) is 30.0. The van der Waals surface area contributed by atoms with E-state index in [2.05, 4.69) is 79.9 Å². The molecule has 3 fully saturated rings. The highest BCUT2D eigenvalue weighted by atomic mass is 16.8. The number of aliphatic hydroxyl groups is 11. The molecular weight excluding hydrogens is 1080 g/mol. The largest absolute Gasteiger partial charge is 0.394 e. The standard InChI is InChI=1S/C65H113NO18/c1-3-5-7-9-11-13-15-17-19-21-23-24-25-27-29-31-33-35-37-39-41-43-53(71)66-48(49(70)42-40-38-36-34-32-30-28-26-22-20-18-16-14-12-10-8-6-4-2)47-79-63-59(77)56(74)61(51(45-68)81-63)84-65-60(78)57(75)62(52(46-69)82-65)83-64-58(76)55(73)54(72)50(44-67)80-64/h5,7,11,13,17,19,23-24,27,29,40,42,48-52,54-65,67-70,72-78H,3-4,6,8-10,12,14-16,18,20-22,25-26,28,30-39,41,43-47H2,1-2H3,(H,66,71)/b7-5-,13-11-,19-17-,24-23-,29-27-,42-40+. The number of amides is 1. The molecule has 17 unspecified atom stereocenters. The molecule has 0 bridgehead atoms. The number of nitrogens with one attached hydrogen (secondary N) is 1. The summed E-state index contributed by atoms with van der Waals surface area (Å²) in [6, 6.07) is -0.988. The number of unbranched alkanes of at least 4 members (excludes halogenated alkanes) is 21. The monoisotopic (exact) mass is 1200 g/mol. The lowest BCUT2D eigenvalue weighted by molar-refractivity contribution is -0.379. The SMILES string of the molecule is CC/C=C\C/C=C\C/C=C\C/C=C\C/C=C\CCCCCCCC(=O)NC(COC1OC(CO)C(OC2OC(CO)C(OC3OC(CO)C(O)C(O)C3O)C(O)C2O)C(O)C1O)C(O)/C=C/CCCCCCCCCCCCCCCCCC. The van der Waals surface area contributed by atoms with E-state index in [1.165, 1.54) is 83.5 Å². The molecule has 3 heterocycles. The number of hydrogen-bond acceptors (Lipinski definition) is 18. The quantitative estimate of drug-likeness (QED) is 0.0216. The van der Waals surface area contributed by atoms with E-state index >= 15 is 0 Å². The maximum Gasteiger partial charge on any atom is 0.220 e. The van der Waals surface area contributed by atoms with Gasteiger partial charge in [0.15, 0.2) is 18.9 Å². The summed E-state index contributed by atoms with van der Waals surface area (Å²) in [6.45, 7) is 1.59. The van der Waals surface area contributed by atoms with Gasteiger partial charge in [-0.25, -0.2) is 0 Å². The Labute approximate surface area is 502 Å². The molecule has 0 radical (unpaired) electrons. The van der Waals surface area contributed by atoms with Crippen LogP contribution in [0.2, 0.25) is 0 Å². The van der Waals surface area contributed by atoms with Crippen LogP contribution in [0.5, 0.6) is 0 Å². The molecule has 12 N–H and O–H groups in total. The molecule has 19 heteroatoms. The van der Waals surface area contributed by atoms with Gasteiger partial charge in [-0.2, -0.15) is 0 Å². The number of allylic oxidation sites excluding steroid dienone is 11. The Morgan fingerprint density at radius 1 is 0.440 bits per heavy atom. The van der Waals surface area contributed by atoms with E-state index in [0.29, 0.717) is 6.42 Å². The summed E-state index contributed by atoms with van der Waals surface area (Å²) in [4.78, 5) is 13.4. The van der Waals surface area contributed by atoms with Crippen LogP contribution >= 0.6 is 0 Å². The number of carbonyl (C=O) groups excluding carboxylic acids is 1. The molecule has 3 aliphatic rings. The molecule has 0 aromatic rings. The first-order valence-corrected chi connectivity index (χ1v) is 32.2. The minimum Gasteiger partial charge on any atom is -0.394 e. The lowest BCUT2D eigenvalue weighted by Gasteiger charge is -2.48. The first kappa shape index (κ1) is 75.5. The zero-order valence-corrected chi connectivity index (χ0v) is 50.9. The van der Waals surface area contributed by atoms with E-state index in [0.717, 1.165) is 89.9 Å². The molecule has 3 aliphatic heterocycles. The van der Waals surface area contributed by atoms with E-state index in [1.54, 1.807) is 6.08 Å². The molecular formula is C65H113NO18. The second-order valence-electron chi connectivity index (χ2n) is 22.8. The van der Waals surface area contributed by atoms with Crippen LogP contribution in [0.15, 0.2) is 72.9 Å². The van der Waals surface area contributed by atoms with Gasteiger partial charge in [-0.15, -0.1) is 0 Å². The van der Waals surface area contributed by atoms with Crippen LogP contribution in [0.4, 0.5) is 0 Å². The van der Waals surface area contributed by atoms with Gasteiger partial charge in [0.2, 0.25) is 5.91 Å². The Morgan fingerprint density at radius 2 is 0.821 bits per heavy atom. The summed E-state index contributed by atoms with van der Waals surface area (Å²) < 4.78 is 34.3. The van der Waals surface area contributed by atoms with Gasteiger partial charge >= 0.3 is 0 Å². The van der Waals surface area contributed by atoms with Crippen molar-refractivity contribution in [1.82, 2.24) is 5.32 Å². The molecule has 17 atom stereocenters. The van der Waals surface area contributed by atoms with E-state index in [1.807, 2.05) is 6.08 Å². The van der Waals surface area contributed by atoms with Crippen molar-refractivity contribution in [2.75, 3.05) is 26.4 Å². The number of hydrogen-bond donors (Lipinski definition) is 12. The van der Waals surface area contributed by atoms with Crippen molar-refractivity contribution in [3.8, 4) is 0 Å². The van der Waals surface area contributed by atoms with Gasteiger partial charge < -0.3 is 89.9 Å². The van der Waals surface area contributed by atoms with Crippen molar-refractivity contribution >= 4 is 5.91 Å². The Balaban J connectivity index is 1.49. The summed E-state index contributed by atoms with van der Waals surface area (Å²) in [5.74, 6) is -0.297. The Bertz CT molecular complexity index is 1810. The molecule has 486 valence electrons. The van der Waals surface area contributed by atoms with Crippen LogP contribution in [0.1, 0.15) is 200 Å². The summed E-state index contributed by atoms with van der Waals surface area (Å²) in [7, 11) is 0. The van der Waals surface area contributed by atoms with Crippen molar-refractivity contribution in [2.24, 2.45) is 0 Å². The highest BCUT2D eigenvalue weighted by Gasteiger charge is 2.53. The predicted octanol–water partition coefficient (Wildman–Crippen LogP) is 6.99. The van der Waals surface area contributed by atoms with Crippen molar-refractivity contribution in [1.29, 1.82) is 0 Å². The van der Waals surface area contributed by atoms with E-state index in [-0.39, 0.29) is 18.9 Å². The van der Waals surface area contributed by atoms with Gasteiger partial charge in [0.05, 0.1) is 38.6 Å². The topological polar surface area (TPSA) is 307 Å². The minimum atomic E-state index is -1.98. The third-order valence-electron chi connectivity index (χ3n) is 15.8. The lowest BCUT2D eigenvalue weighted by Crippen LogP contribution is -2.66. The maximum absolute atomic E-state index is 13.4. The molecule has 84 heavy (non-hydrogen) atoms. The lowest BCUT2D eigenvalue weighted by atomic mass is 9.96. The smallest absolute Gasteiger partial charge is 0.220 e. The number of carbonyl (C=O) groups is 1. The molecule has 3 rings (SSSR count). The van der Waals surface area contributed by atoms with Crippen molar-refractivity contribution < 1.29 is 89.4 Å². The van der Waals surface area contributed by atoms with E-state index < -0.39 is 124 Å². The second-order valence-corrected chi connectivity index (χ2v) is 22.8. The minimum absolute atomic E-state index is 0.218. The fourth-order valence-corrected chi connectivity index (χ4v) is 10.5. The highest BCUT2D eigenvalue weighted by Crippen LogP contribution is 2.33. The average molecular weight is 1200 g/mol. The molecule has 1 amide bonds. The molecule has 0 aliphatic carbocycles. The van der Waals surface area contributed by atoms with Crippen LogP contribution in [0, 0.1) is 0 Å². The Hall–Kier alpha value is -2.77. The fourth-order valence-electron chi connectivity index (χ4n) is 10.5. The molecule has 0 aromatic carbocycles. The first-order chi connectivity index (χ1) is 40.8. The summed E-state index contributed by atoms with van der Waals surface area (Å²) in [5, 5.41) is 120. The average Bonchev–Trinajstić information content (AvgIpc) is 2.76. The summed E-state index contributed by atoms with van der Waals surface area (Å²) >= 11 is 0. The van der Waals surface area contributed by atoms with Crippen LogP contribution in [0.25, 0.3) is 0 Å². The zero-order valence-electron chi connectivity index (χ0n) is 50.9. The van der Waals surface area contributed by atoms with Gasteiger partial charge in [0.25, 0.3) is 0 Å². The van der Waals surface area contributed by atoms with Gasteiger partial charge in [0.1, 0.15) is 73.2 Å². The van der Waals surface area contributed by atoms with Crippen molar-refractivity contribution in [2.45, 2.75) is 304 Å². The normalized spacial score (nSPS) is 29.7. The Morgan fingerprint density at radius 3 is 1.29 bits per heavy atom. The molecule has 0 saturated carbocycles.